The Bertz CT molecular complexity index is 1430. The number of rotatable bonds is 1. The van der Waals surface area contributed by atoms with Gasteiger partial charge in [-0.3, -0.25) is 0 Å². The van der Waals surface area contributed by atoms with Crippen LogP contribution in [0.2, 0.25) is 0 Å². The molecule has 0 unspecified atom stereocenters. The molecular weight excluding hydrogens is 338 g/mol. The minimum absolute atomic E-state index is 0.556. The van der Waals surface area contributed by atoms with Gasteiger partial charge in [-0.2, -0.15) is 0 Å². The SMILES string of the molecule is [N-]=[N+]=Nc1cc2[nH]c1=Cc1ccc([nH]1)C=c1ccc([nH]1)=Cc1ccc([nH]1)C=2. The van der Waals surface area contributed by atoms with Crippen LogP contribution in [0.4, 0.5) is 5.69 Å². The summed E-state index contributed by atoms with van der Waals surface area (Å²) in [7, 11) is 0. The average Bonchev–Trinajstić information content (AvgIpc) is 3.41. The molecule has 8 bridgehead atoms. The van der Waals surface area contributed by atoms with Crippen LogP contribution >= 0.6 is 0 Å². The number of fused-ring (bicyclic) bond motifs is 8. The summed E-state index contributed by atoms with van der Waals surface area (Å²) in [5.74, 6) is 0. The molecule has 7 heteroatoms. The molecule has 0 amide bonds. The van der Waals surface area contributed by atoms with Crippen molar-refractivity contribution in [2.75, 3.05) is 0 Å². The van der Waals surface area contributed by atoms with E-state index in [1.54, 1.807) is 0 Å². The van der Waals surface area contributed by atoms with E-state index in [1.807, 2.05) is 60.7 Å². The standard InChI is InChI=1S/C20H15N7/c21-27-26-20-11-18-9-16-4-3-14(23-16)7-12-1-2-13(22-12)8-15-5-6-17(24-15)10-19(20)25-18/h1-11,22-25H. The van der Waals surface area contributed by atoms with E-state index in [0.717, 1.165) is 44.2 Å². The van der Waals surface area contributed by atoms with Crippen LogP contribution in [0.5, 0.6) is 0 Å². The summed E-state index contributed by atoms with van der Waals surface area (Å²) >= 11 is 0. The van der Waals surface area contributed by atoms with Crippen LogP contribution in [-0.2, 0) is 0 Å². The average molecular weight is 353 g/mol. The highest BCUT2D eigenvalue weighted by Crippen LogP contribution is 2.07. The predicted octanol–water partition coefficient (Wildman–Crippen LogP) is 1.57. The highest BCUT2D eigenvalue weighted by atomic mass is 15.1. The quantitative estimate of drug-likeness (QED) is 0.199. The Morgan fingerprint density at radius 3 is 1.78 bits per heavy atom. The lowest BCUT2D eigenvalue weighted by molar-refractivity contribution is 1.23. The topological polar surface area (TPSA) is 112 Å². The molecule has 0 aliphatic carbocycles. The molecule has 1 aliphatic rings. The van der Waals surface area contributed by atoms with E-state index < -0.39 is 0 Å². The zero-order chi connectivity index (χ0) is 18.2. The molecule has 0 spiro atoms. The van der Waals surface area contributed by atoms with Crippen molar-refractivity contribution in [3.8, 4) is 0 Å². The van der Waals surface area contributed by atoms with Crippen molar-refractivity contribution in [1.82, 2.24) is 19.9 Å². The van der Waals surface area contributed by atoms with Crippen molar-refractivity contribution in [1.29, 1.82) is 0 Å². The smallest absolute Gasteiger partial charge is 0.0631 e. The van der Waals surface area contributed by atoms with Gasteiger partial charge in [0.05, 0.1) is 11.0 Å². The zero-order valence-corrected chi connectivity index (χ0v) is 14.2. The lowest BCUT2D eigenvalue weighted by atomic mass is 10.3. The van der Waals surface area contributed by atoms with Crippen molar-refractivity contribution in [3.05, 3.63) is 97.1 Å². The third kappa shape index (κ3) is 2.99. The third-order valence-electron chi connectivity index (χ3n) is 4.43. The van der Waals surface area contributed by atoms with Crippen LogP contribution in [0.3, 0.4) is 0 Å². The predicted molar refractivity (Wildman–Crippen MR) is 105 cm³/mol. The second kappa shape index (κ2) is 6.01. The Morgan fingerprint density at radius 1 is 0.630 bits per heavy atom. The molecule has 5 rings (SSSR count). The maximum Gasteiger partial charge on any atom is 0.0631 e. The molecule has 0 fully saturated rings. The first kappa shape index (κ1) is 15.2. The lowest BCUT2D eigenvalue weighted by Crippen LogP contribution is -2.10. The van der Waals surface area contributed by atoms with E-state index in [1.165, 1.54) is 0 Å². The minimum atomic E-state index is 0.556. The maximum atomic E-state index is 8.86. The molecule has 4 aromatic rings. The number of aromatic nitrogens is 4. The molecule has 0 aromatic carbocycles. The first-order chi connectivity index (χ1) is 13.2. The van der Waals surface area contributed by atoms with Crippen LogP contribution in [0.1, 0.15) is 22.8 Å². The van der Waals surface area contributed by atoms with Gasteiger partial charge in [-0.25, -0.2) is 0 Å². The number of azide groups is 1. The third-order valence-corrected chi connectivity index (χ3v) is 4.43. The number of H-pyrrole nitrogens is 4. The number of nitrogens with one attached hydrogen (secondary N) is 4. The van der Waals surface area contributed by atoms with Crippen molar-refractivity contribution in [2.24, 2.45) is 5.11 Å². The maximum absolute atomic E-state index is 8.86. The summed E-state index contributed by atoms with van der Waals surface area (Å²) in [6.45, 7) is 0. The van der Waals surface area contributed by atoms with E-state index in [-0.39, 0.29) is 0 Å². The van der Waals surface area contributed by atoms with E-state index in [9.17, 15) is 0 Å². The number of nitrogens with zero attached hydrogens (tertiary/aromatic N) is 3. The normalized spacial score (nSPS) is 12.1. The molecule has 0 radical (unpaired) electrons. The van der Waals surface area contributed by atoms with Gasteiger partial charge in [-0.05, 0) is 72.3 Å². The molecule has 4 N–H and O–H groups in total. The highest BCUT2D eigenvalue weighted by molar-refractivity contribution is 5.58. The number of aromatic amines is 4. The van der Waals surface area contributed by atoms with E-state index >= 15 is 0 Å². The van der Waals surface area contributed by atoms with Gasteiger partial charge >= 0.3 is 0 Å². The van der Waals surface area contributed by atoms with Crippen LogP contribution < -0.4 is 21.4 Å². The molecule has 130 valence electrons. The second-order valence-corrected chi connectivity index (χ2v) is 6.40. The van der Waals surface area contributed by atoms with Crippen LogP contribution in [0, 0.1) is 0 Å². The fourth-order valence-electron chi connectivity index (χ4n) is 3.25. The molecule has 4 aromatic heterocycles. The molecule has 5 heterocycles. The fraction of sp³-hybridized carbons (Fsp3) is 0. The first-order valence-electron chi connectivity index (χ1n) is 8.49. The summed E-state index contributed by atoms with van der Waals surface area (Å²) < 4.78 is 0. The van der Waals surface area contributed by atoms with E-state index in [4.69, 9.17) is 5.53 Å². The minimum Gasteiger partial charge on any atom is -0.355 e. The van der Waals surface area contributed by atoms with Gasteiger partial charge < -0.3 is 19.9 Å². The van der Waals surface area contributed by atoms with Gasteiger partial charge in [0.25, 0.3) is 0 Å². The Kier molecular flexibility index (Phi) is 3.38. The van der Waals surface area contributed by atoms with E-state index in [2.05, 4.69) is 36.0 Å². The van der Waals surface area contributed by atoms with Gasteiger partial charge in [0.2, 0.25) is 0 Å². The highest BCUT2D eigenvalue weighted by Gasteiger charge is 2.01. The fourth-order valence-corrected chi connectivity index (χ4v) is 3.25. The van der Waals surface area contributed by atoms with Gasteiger partial charge in [-0.15, -0.1) is 0 Å². The van der Waals surface area contributed by atoms with Crippen molar-refractivity contribution < 1.29 is 0 Å². The Balaban J connectivity index is 1.81. The summed E-state index contributed by atoms with van der Waals surface area (Å²) in [5, 5.41) is 7.44. The molecule has 0 saturated carbocycles. The first-order valence-corrected chi connectivity index (χ1v) is 8.49. The van der Waals surface area contributed by atoms with Gasteiger partial charge in [0.1, 0.15) is 0 Å². The van der Waals surface area contributed by atoms with Gasteiger partial charge in [-0.1, -0.05) is 5.11 Å². The Hall–Kier alpha value is -4.09. The van der Waals surface area contributed by atoms with Crippen LogP contribution in [-0.4, -0.2) is 19.9 Å². The Labute approximate surface area is 152 Å². The summed E-state index contributed by atoms with van der Waals surface area (Å²) in [4.78, 5) is 16.3. The summed E-state index contributed by atoms with van der Waals surface area (Å²) in [6, 6.07) is 14.0. The molecule has 0 saturated heterocycles. The van der Waals surface area contributed by atoms with Crippen molar-refractivity contribution in [3.63, 3.8) is 0 Å². The lowest BCUT2D eigenvalue weighted by Gasteiger charge is -1.89. The van der Waals surface area contributed by atoms with Gasteiger partial charge in [0.15, 0.2) is 0 Å². The molecule has 1 aliphatic heterocycles. The van der Waals surface area contributed by atoms with Crippen LogP contribution in [0.25, 0.3) is 34.7 Å². The molecule has 27 heavy (non-hydrogen) atoms. The molecular formula is C20H15N7. The monoisotopic (exact) mass is 353 g/mol. The molecule has 7 nitrogen and oxygen atoms in total. The van der Waals surface area contributed by atoms with Crippen molar-refractivity contribution in [2.45, 2.75) is 0 Å². The second-order valence-electron chi connectivity index (χ2n) is 6.40. The van der Waals surface area contributed by atoms with Crippen molar-refractivity contribution >= 4 is 30.0 Å². The summed E-state index contributed by atoms with van der Waals surface area (Å²) in [6.07, 6.45) is 8.01. The Morgan fingerprint density at radius 2 is 1.19 bits per heavy atom. The summed E-state index contributed by atoms with van der Waals surface area (Å²) in [5.41, 5.74) is 13.3. The zero-order valence-electron chi connectivity index (χ0n) is 14.2. The largest absolute Gasteiger partial charge is 0.355 e. The molecule has 0 atom stereocenters. The van der Waals surface area contributed by atoms with E-state index in [0.29, 0.717) is 5.69 Å². The number of hydrogen-bond donors (Lipinski definition) is 4. The van der Waals surface area contributed by atoms with Gasteiger partial charge in [0, 0.05) is 43.7 Å². The number of hydrogen-bond acceptors (Lipinski definition) is 1. The van der Waals surface area contributed by atoms with Crippen LogP contribution in [0.15, 0.2) is 47.6 Å².